The highest BCUT2D eigenvalue weighted by Gasteiger charge is 2.20. The van der Waals surface area contributed by atoms with Crippen LogP contribution in [0.2, 0.25) is 0 Å². The molecule has 1 aliphatic rings. The molecule has 0 spiro atoms. The summed E-state index contributed by atoms with van der Waals surface area (Å²) >= 11 is 3.33. The fraction of sp³-hybridized carbons (Fsp3) is 0.692. The molecule has 4 nitrogen and oxygen atoms in total. The molecule has 2 rings (SSSR count). The van der Waals surface area contributed by atoms with Crippen molar-refractivity contribution in [3.8, 4) is 0 Å². The Morgan fingerprint density at radius 3 is 2.94 bits per heavy atom. The van der Waals surface area contributed by atoms with Gasteiger partial charge < -0.3 is 9.72 Å². The van der Waals surface area contributed by atoms with Crippen LogP contribution in [0.15, 0.2) is 9.27 Å². The molecule has 1 atom stereocenters. The number of halogens is 1. The lowest BCUT2D eigenvalue weighted by molar-refractivity contribution is 0.0779. The van der Waals surface area contributed by atoms with E-state index in [4.69, 9.17) is 4.74 Å². The van der Waals surface area contributed by atoms with Gasteiger partial charge >= 0.3 is 0 Å². The van der Waals surface area contributed by atoms with E-state index in [1.54, 1.807) is 0 Å². The molecule has 1 saturated heterocycles. The summed E-state index contributed by atoms with van der Waals surface area (Å²) in [6, 6.07) is 0. The molecule has 2 heterocycles. The van der Waals surface area contributed by atoms with Gasteiger partial charge in [0.1, 0.15) is 10.3 Å². The molecule has 18 heavy (non-hydrogen) atoms. The third kappa shape index (κ3) is 3.20. The van der Waals surface area contributed by atoms with Crippen molar-refractivity contribution in [3.63, 3.8) is 0 Å². The number of hydrogen-bond acceptors (Lipinski definition) is 3. The smallest absolute Gasteiger partial charge is 0.265 e. The van der Waals surface area contributed by atoms with E-state index in [1.807, 2.05) is 0 Å². The average molecular weight is 315 g/mol. The minimum atomic E-state index is -0.0822. The van der Waals surface area contributed by atoms with Crippen LogP contribution in [0.25, 0.3) is 0 Å². The molecule has 0 radical (unpaired) electrons. The zero-order valence-corrected chi connectivity index (χ0v) is 12.4. The molecule has 1 aliphatic heterocycles. The van der Waals surface area contributed by atoms with E-state index < -0.39 is 0 Å². The van der Waals surface area contributed by atoms with Gasteiger partial charge in [-0.25, -0.2) is 4.98 Å². The van der Waals surface area contributed by atoms with Crippen molar-refractivity contribution in [2.75, 3.05) is 13.2 Å². The SMILES string of the molecule is CC(C)Cc1nc(C2CCCOC2)[nH]c(=O)c1Br. The normalized spacial score (nSPS) is 20.3. The van der Waals surface area contributed by atoms with Gasteiger partial charge in [0.15, 0.2) is 0 Å². The summed E-state index contributed by atoms with van der Waals surface area (Å²) in [5.74, 6) is 1.48. The Kier molecular flexibility index (Phi) is 4.56. The first-order chi connectivity index (χ1) is 8.58. The minimum absolute atomic E-state index is 0.0822. The van der Waals surface area contributed by atoms with Gasteiger partial charge in [0.05, 0.1) is 12.3 Å². The number of aromatic amines is 1. The molecule has 0 bridgehead atoms. The molecule has 5 heteroatoms. The predicted molar refractivity (Wildman–Crippen MR) is 73.9 cm³/mol. The molecule has 1 aromatic rings. The largest absolute Gasteiger partial charge is 0.381 e. The number of H-pyrrole nitrogens is 1. The number of nitrogens with zero attached hydrogens (tertiary/aromatic N) is 1. The van der Waals surface area contributed by atoms with Crippen molar-refractivity contribution >= 4 is 15.9 Å². The monoisotopic (exact) mass is 314 g/mol. The van der Waals surface area contributed by atoms with Crippen LogP contribution in [0.3, 0.4) is 0 Å². The minimum Gasteiger partial charge on any atom is -0.381 e. The molecule has 0 amide bonds. The zero-order chi connectivity index (χ0) is 13.1. The Hall–Kier alpha value is -0.680. The molecule has 1 unspecified atom stereocenters. The lowest BCUT2D eigenvalue weighted by Crippen LogP contribution is -2.23. The summed E-state index contributed by atoms with van der Waals surface area (Å²) in [7, 11) is 0. The van der Waals surface area contributed by atoms with E-state index in [0.29, 0.717) is 17.0 Å². The van der Waals surface area contributed by atoms with Crippen molar-refractivity contribution in [2.45, 2.75) is 39.0 Å². The van der Waals surface area contributed by atoms with E-state index in [1.165, 1.54) is 0 Å². The third-order valence-corrected chi connectivity index (χ3v) is 3.92. The van der Waals surface area contributed by atoms with E-state index in [-0.39, 0.29) is 11.5 Å². The highest BCUT2D eigenvalue weighted by atomic mass is 79.9. The first-order valence-corrected chi connectivity index (χ1v) is 7.23. The summed E-state index contributed by atoms with van der Waals surface area (Å²) in [5.41, 5.74) is 0.774. The van der Waals surface area contributed by atoms with Gasteiger partial charge in [0.2, 0.25) is 0 Å². The van der Waals surface area contributed by atoms with Gasteiger partial charge in [-0.15, -0.1) is 0 Å². The molecular weight excluding hydrogens is 296 g/mol. The zero-order valence-electron chi connectivity index (χ0n) is 10.8. The Balaban J connectivity index is 2.30. The van der Waals surface area contributed by atoms with E-state index in [0.717, 1.165) is 37.4 Å². The van der Waals surface area contributed by atoms with Crippen LogP contribution >= 0.6 is 15.9 Å². The molecule has 1 fully saturated rings. The van der Waals surface area contributed by atoms with Crippen LogP contribution in [0.1, 0.15) is 44.1 Å². The molecule has 1 aromatic heterocycles. The van der Waals surface area contributed by atoms with Crippen molar-refractivity contribution in [3.05, 3.63) is 26.3 Å². The van der Waals surface area contributed by atoms with Crippen LogP contribution in [0.4, 0.5) is 0 Å². The van der Waals surface area contributed by atoms with Crippen LogP contribution < -0.4 is 5.56 Å². The second-order valence-corrected chi connectivity index (χ2v) is 6.02. The standard InChI is InChI=1S/C13H19BrN2O2/c1-8(2)6-10-11(14)13(17)16-12(15-10)9-4-3-5-18-7-9/h8-9H,3-7H2,1-2H3,(H,15,16,17). The highest BCUT2D eigenvalue weighted by molar-refractivity contribution is 9.10. The van der Waals surface area contributed by atoms with Gasteiger partial charge in [0.25, 0.3) is 5.56 Å². The lowest BCUT2D eigenvalue weighted by atomic mass is 10.0. The maximum absolute atomic E-state index is 11.9. The lowest BCUT2D eigenvalue weighted by Gasteiger charge is -2.21. The van der Waals surface area contributed by atoms with Gasteiger partial charge in [0, 0.05) is 12.5 Å². The Bertz CT molecular complexity index is 465. The second-order valence-electron chi connectivity index (χ2n) is 5.22. The van der Waals surface area contributed by atoms with E-state index in [2.05, 4.69) is 39.7 Å². The molecule has 100 valence electrons. The topological polar surface area (TPSA) is 55.0 Å². The maximum Gasteiger partial charge on any atom is 0.265 e. The van der Waals surface area contributed by atoms with E-state index >= 15 is 0 Å². The fourth-order valence-corrected chi connectivity index (χ4v) is 2.55. The Morgan fingerprint density at radius 1 is 1.56 bits per heavy atom. The van der Waals surface area contributed by atoms with E-state index in [9.17, 15) is 4.79 Å². The number of rotatable bonds is 3. The van der Waals surface area contributed by atoms with Crippen LogP contribution in [-0.2, 0) is 11.2 Å². The number of aromatic nitrogens is 2. The number of ether oxygens (including phenoxy) is 1. The molecular formula is C13H19BrN2O2. The third-order valence-electron chi connectivity index (χ3n) is 3.10. The van der Waals surface area contributed by atoms with Gasteiger partial charge in [-0.05, 0) is 41.1 Å². The van der Waals surface area contributed by atoms with Gasteiger partial charge in [-0.1, -0.05) is 13.8 Å². The average Bonchev–Trinajstić information content (AvgIpc) is 2.35. The first-order valence-electron chi connectivity index (χ1n) is 6.44. The van der Waals surface area contributed by atoms with Crippen molar-refractivity contribution in [1.82, 2.24) is 9.97 Å². The van der Waals surface area contributed by atoms with Crippen LogP contribution in [-0.4, -0.2) is 23.2 Å². The summed E-state index contributed by atoms with van der Waals surface area (Å²) in [6.07, 6.45) is 2.88. The molecule has 0 aliphatic carbocycles. The predicted octanol–water partition coefficient (Wildman–Crippen LogP) is 2.62. The highest BCUT2D eigenvalue weighted by Crippen LogP contribution is 2.23. The number of hydrogen-bond donors (Lipinski definition) is 1. The second kappa shape index (κ2) is 5.97. The Labute approximate surface area is 115 Å². The first kappa shape index (κ1) is 13.7. The molecule has 0 aromatic carbocycles. The van der Waals surface area contributed by atoms with Crippen LogP contribution in [0.5, 0.6) is 0 Å². The van der Waals surface area contributed by atoms with Crippen molar-refractivity contribution < 1.29 is 4.74 Å². The summed E-state index contributed by atoms with van der Waals surface area (Å²) in [6.45, 7) is 5.72. The van der Waals surface area contributed by atoms with Crippen LogP contribution in [0, 0.1) is 5.92 Å². The fourth-order valence-electron chi connectivity index (χ4n) is 2.20. The van der Waals surface area contributed by atoms with Gasteiger partial charge in [-0.2, -0.15) is 0 Å². The van der Waals surface area contributed by atoms with Crippen molar-refractivity contribution in [1.29, 1.82) is 0 Å². The summed E-state index contributed by atoms with van der Waals surface area (Å²) in [5, 5.41) is 0. The summed E-state index contributed by atoms with van der Waals surface area (Å²) in [4.78, 5) is 19.4. The maximum atomic E-state index is 11.9. The molecule has 1 N–H and O–H groups in total. The van der Waals surface area contributed by atoms with Gasteiger partial charge in [-0.3, -0.25) is 4.79 Å². The van der Waals surface area contributed by atoms with Crippen molar-refractivity contribution in [2.24, 2.45) is 5.92 Å². The summed E-state index contributed by atoms with van der Waals surface area (Å²) < 4.78 is 6.02. The number of nitrogens with one attached hydrogen (secondary N) is 1. The quantitative estimate of drug-likeness (QED) is 0.933. The molecule has 0 saturated carbocycles. The Morgan fingerprint density at radius 2 is 2.33 bits per heavy atom.